The number of nitrogens with zero attached hydrogens (tertiary/aromatic N) is 1. The maximum Gasteiger partial charge on any atom is 0.0846 e. The van der Waals surface area contributed by atoms with Gasteiger partial charge in [0.05, 0.1) is 6.54 Å². The molecule has 0 aromatic heterocycles. The first kappa shape index (κ1) is 7.22. The van der Waals surface area contributed by atoms with Gasteiger partial charge in [-0.2, -0.15) is 5.11 Å². The van der Waals surface area contributed by atoms with E-state index in [9.17, 15) is 0 Å². The highest BCUT2D eigenvalue weighted by Gasteiger charge is 1.88. The summed E-state index contributed by atoms with van der Waals surface area (Å²) < 4.78 is 0. The Morgan fingerprint density at radius 2 is 1.90 bits per heavy atom. The van der Waals surface area contributed by atoms with Gasteiger partial charge in [0.1, 0.15) is 0 Å². The second kappa shape index (κ2) is 3.32. The zero-order valence-corrected chi connectivity index (χ0v) is 6.10. The highest BCUT2D eigenvalue weighted by Crippen LogP contribution is 2.09. The normalized spacial score (nSPS) is 9.30. The monoisotopic (exact) mass is 154 g/mol. The molecule has 0 spiro atoms. The second-order valence-electron chi connectivity index (χ2n) is 1.94. The molecule has 0 amide bonds. The maximum absolute atomic E-state index is 6.59. The number of nitrogens with one attached hydrogen (secondary N) is 1. The van der Waals surface area contributed by atoms with Gasteiger partial charge in [0, 0.05) is 5.02 Å². The molecule has 10 heavy (non-hydrogen) atoms. The van der Waals surface area contributed by atoms with Crippen molar-refractivity contribution in [1.29, 1.82) is 5.53 Å². The van der Waals surface area contributed by atoms with E-state index >= 15 is 0 Å². The van der Waals surface area contributed by atoms with Crippen LogP contribution in [0, 0.1) is 5.53 Å². The third-order valence-electron chi connectivity index (χ3n) is 1.17. The van der Waals surface area contributed by atoms with E-state index in [0.29, 0.717) is 11.6 Å². The van der Waals surface area contributed by atoms with Gasteiger partial charge in [0.25, 0.3) is 0 Å². The predicted octanol–water partition coefficient (Wildman–Crippen LogP) is 2.87. The van der Waals surface area contributed by atoms with Crippen LogP contribution in [0.1, 0.15) is 5.56 Å². The Bertz CT molecular complexity index is 218. The smallest absolute Gasteiger partial charge is 0.0846 e. The second-order valence-corrected chi connectivity index (χ2v) is 2.38. The summed E-state index contributed by atoms with van der Waals surface area (Å²) in [6, 6.07) is 7.31. The Kier molecular flexibility index (Phi) is 2.40. The first-order valence-corrected chi connectivity index (χ1v) is 3.28. The lowest BCUT2D eigenvalue weighted by Crippen LogP contribution is -1.77. The summed E-state index contributed by atoms with van der Waals surface area (Å²) in [6.07, 6.45) is 0. The van der Waals surface area contributed by atoms with Crippen LogP contribution in [0.5, 0.6) is 0 Å². The van der Waals surface area contributed by atoms with Crippen molar-refractivity contribution in [2.45, 2.75) is 6.54 Å². The van der Waals surface area contributed by atoms with Gasteiger partial charge in [-0.3, -0.25) is 0 Å². The van der Waals surface area contributed by atoms with Crippen molar-refractivity contribution < 1.29 is 0 Å². The quantitative estimate of drug-likeness (QED) is 0.636. The molecule has 0 saturated carbocycles. The topological polar surface area (TPSA) is 36.2 Å². The van der Waals surface area contributed by atoms with Crippen LogP contribution in [-0.4, -0.2) is 0 Å². The van der Waals surface area contributed by atoms with Gasteiger partial charge in [0.15, 0.2) is 0 Å². The van der Waals surface area contributed by atoms with E-state index in [0.717, 1.165) is 5.56 Å². The van der Waals surface area contributed by atoms with Crippen molar-refractivity contribution in [3.63, 3.8) is 0 Å². The number of hydrogen-bond donors (Lipinski definition) is 1. The number of rotatable bonds is 2. The molecule has 0 fully saturated rings. The van der Waals surface area contributed by atoms with E-state index in [1.54, 1.807) is 12.1 Å². The number of hydrogen-bond acceptors (Lipinski definition) is 2. The summed E-state index contributed by atoms with van der Waals surface area (Å²) in [5.41, 5.74) is 7.60. The van der Waals surface area contributed by atoms with E-state index in [4.69, 9.17) is 17.1 Å². The number of benzene rings is 1. The first-order chi connectivity index (χ1) is 4.83. The predicted molar refractivity (Wildman–Crippen MR) is 40.3 cm³/mol. The molecule has 1 aromatic carbocycles. The molecule has 0 aliphatic heterocycles. The molecule has 1 rings (SSSR count). The zero-order valence-electron chi connectivity index (χ0n) is 5.34. The van der Waals surface area contributed by atoms with Gasteiger partial charge in [-0.1, -0.05) is 23.7 Å². The van der Waals surface area contributed by atoms with Crippen molar-refractivity contribution in [3.05, 3.63) is 34.9 Å². The third kappa shape index (κ3) is 1.81. The molecule has 0 aliphatic rings. The van der Waals surface area contributed by atoms with Crippen molar-refractivity contribution in [3.8, 4) is 0 Å². The lowest BCUT2D eigenvalue weighted by molar-refractivity contribution is 0.908. The van der Waals surface area contributed by atoms with Gasteiger partial charge in [-0.05, 0) is 17.7 Å². The van der Waals surface area contributed by atoms with Crippen LogP contribution < -0.4 is 0 Å². The molecule has 3 heteroatoms. The molecular formula is C7H7ClN2. The molecule has 0 atom stereocenters. The Hall–Kier alpha value is -0.890. The lowest BCUT2D eigenvalue weighted by Gasteiger charge is -1.93. The van der Waals surface area contributed by atoms with E-state index in [2.05, 4.69) is 5.11 Å². The first-order valence-electron chi connectivity index (χ1n) is 2.90. The van der Waals surface area contributed by atoms with Crippen LogP contribution in [0.25, 0.3) is 0 Å². The van der Waals surface area contributed by atoms with Crippen LogP contribution in [0.4, 0.5) is 0 Å². The molecule has 52 valence electrons. The third-order valence-corrected chi connectivity index (χ3v) is 1.43. The largest absolute Gasteiger partial charge is 0.210 e. The standard InChI is InChI=1S/C7H7ClN2/c8-7-3-1-6(2-4-7)5-10-9/h1-4,9H,5H2. The van der Waals surface area contributed by atoms with Gasteiger partial charge in [-0.15, -0.1) is 0 Å². The summed E-state index contributed by atoms with van der Waals surface area (Å²) in [5.74, 6) is 0. The van der Waals surface area contributed by atoms with Crippen LogP contribution in [-0.2, 0) is 6.54 Å². The SMILES string of the molecule is N=NCc1ccc(Cl)cc1. The minimum Gasteiger partial charge on any atom is -0.210 e. The Labute approximate surface area is 64.3 Å². The average molecular weight is 155 g/mol. The van der Waals surface area contributed by atoms with E-state index in [-0.39, 0.29) is 0 Å². The van der Waals surface area contributed by atoms with Crippen molar-refractivity contribution in [2.24, 2.45) is 5.11 Å². The molecule has 1 aromatic rings. The maximum atomic E-state index is 6.59. The van der Waals surface area contributed by atoms with Crippen molar-refractivity contribution in [1.82, 2.24) is 0 Å². The van der Waals surface area contributed by atoms with Crippen LogP contribution >= 0.6 is 11.6 Å². The molecule has 0 unspecified atom stereocenters. The lowest BCUT2D eigenvalue weighted by atomic mass is 10.2. The molecule has 0 saturated heterocycles. The summed E-state index contributed by atoms with van der Waals surface area (Å²) in [5, 5.41) is 3.96. The summed E-state index contributed by atoms with van der Waals surface area (Å²) in [7, 11) is 0. The van der Waals surface area contributed by atoms with Gasteiger partial charge in [0.2, 0.25) is 0 Å². The molecular weight excluding hydrogens is 148 g/mol. The average Bonchev–Trinajstić information content (AvgIpc) is 1.95. The van der Waals surface area contributed by atoms with Gasteiger partial charge in [-0.25, -0.2) is 5.53 Å². The molecule has 0 radical (unpaired) electrons. The van der Waals surface area contributed by atoms with Gasteiger partial charge >= 0.3 is 0 Å². The van der Waals surface area contributed by atoms with E-state index < -0.39 is 0 Å². The van der Waals surface area contributed by atoms with Crippen molar-refractivity contribution in [2.75, 3.05) is 0 Å². The van der Waals surface area contributed by atoms with Crippen LogP contribution in [0.3, 0.4) is 0 Å². The summed E-state index contributed by atoms with van der Waals surface area (Å²) in [4.78, 5) is 0. The molecule has 2 nitrogen and oxygen atoms in total. The Morgan fingerprint density at radius 3 is 2.40 bits per heavy atom. The van der Waals surface area contributed by atoms with Crippen LogP contribution in [0.2, 0.25) is 5.02 Å². The molecule has 0 bridgehead atoms. The number of halogens is 1. The molecule has 1 N–H and O–H groups in total. The zero-order chi connectivity index (χ0) is 7.40. The highest BCUT2D eigenvalue weighted by molar-refractivity contribution is 6.30. The minimum absolute atomic E-state index is 0.442. The Morgan fingerprint density at radius 1 is 1.30 bits per heavy atom. The Balaban J connectivity index is 2.78. The summed E-state index contributed by atoms with van der Waals surface area (Å²) >= 11 is 5.63. The fraction of sp³-hybridized carbons (Fsp3) is 0.143. The minimum atomic E-state index is 0.442. The molecule has 0 heterocycles. The summed E-state index contributed by atoms with van der Waals surface area (Å²) in [6.45, 7) is 0.442. The van der Waals surface area contributed by atoms with Gasteiger partial charge < -0.3 is 0 Å². The molecule has 0 aliphatic carbocycles. The van der Waals surface area contributed by atoms with E-state index in [1.165, 1.54) is 0 Å². The van der Waals surface area contributed by atoms with Crippen LogP contribution in [0.15, 0.2) is 29.4 Å². The highest BCUT2D eigenvalue weighted by atomic mass is 35.5. The van der Waals surface area contributed by atoms with E-state index in [1.807, 2.05) is 12.1 Å². The fourth-order valence-electron chi connectivity index (χ4n) is 0.681. The fourth-order valence-corrected chi connectivity index (χ4v) is 0.807. The van der Waals surface area contributed by atoms with Crippen molar-refractivity contribution >= 4 is 11.6 Å².